The number of aryl methyl sites for hydroxylation is 3. The lowest BCUT2D eigenvalue weighted by atomic mass is 10.0. The van der Waals surface area contributed by atoms with Gasteiger partial charge in [-0.1, -0.05) is 12.1 Å². The van der Waals surface area contributed by atoms with E-state index in [1.54, 1.807) is 22.7 Å². The molecular weight excluding hydrogens is 512 g/mol. The van der Waals surface area contributed by atoms with E-state index >= 15 is 0 Å². The van der Waals surface area contributed by atoms with Crippen LogP contribution in [0.2, 0.25) is 0 Å². The van der Waals surface area contributed by atoms with Crippen LogP contribution in [0.25, 0.3) is 0 Å². The van der Waals surface area contributed by atoms with Gasteiger partial charge in [0.1, 0.15) is 5.82 Å². The zero-order valence-corrected chi connectivity index (χ0v) is 22.2. The van der Waals surface area contributed by atoms with Crippen LogP contribution in [0.3, 0.4) is 0 Å². The number of carbonyl (C=O) groups is 2. The minimum absolute atomic E-state index is 0.0886. The topological polar surface area (TPSA) is 124 Å². The Morgan fingerprint density at radius 3 is 2.85 bits per heavy atom. The number of carbonyl (C=O) groups excluding carboxylic acids is 2. The number of nitrogens with zero attached hydrogens (tertiary/aromatic N) is 4. The Balaban J connectivity index is 1.19. The second-order valence-corrected chi connectivity index (χ2v) is 10.6. The summed E-state index contributed by atoms with van der Waals surface area (Å²) in [4.78, 5) is 40.5. The van der Waals surface area contributed by atoms with Crippen LogP contribution in [0, 0.1) is 6.92 Å². The molecule has 198 valence electrons. The molecule has 39 heavy (non-hydrogen) atoms. The van der Waals surface area contributed by atoms with Gasteiger partial charge in [0, 0.05) is 59.5 Å². The van der Waals surface area contributed by atoms with E-state index in [1.807, 2.05) is 31.2 Å². The molecule has 2 aliphatic heterocycles. The van der Waals surface area contributed by atoms with Crippen molar-refractivity contribution < 1.29 is 9.59 Å². The van der Waals surface area contributed by atoms with Crippen molar-refractivity contribution in [3.05, 3.63) is 81.9 Å². The Labute approximate surface area is 229 Å². The zero-order chi connectivity index (χ0) is 26.8. The largest absolute Gasteiger partial charge is 0.340 e. The van der Waals surface area contributed by atoms with Gasteiger partial charge in [-0.05, 0) is 67.6 Å². The monoisotopic (exact) mass is 540 g/mol. The normalized spacial score (nSPS) is 16.1. The highest BCUT2D eigenvalue weighted by Crippen LogP contribution is 2.28. The van der Waals surface area contributed by atoms with Gasteiger partial charge < -0.3 is 26.2 Å². The number of hydrogen-bond donors (Lipinski definition) is 4. The van der Waals surface area contributed by atoms with Gasteiger partial charge in [-0.2, -0.15) is 4.98 Å². The van der Waals surface area contributed by atoms with Gasteiger partial charge in [0.2, 0.25) is 5.95 Å². The fourth-order valence-electron chi connectivity index (χ4n) is 4.85. The van der Waals surface area contributed by atoms with Gasteiger partial charge >= 0.3 is 6.03 Å². The highest BCUT2D eigenvalue weighted by molar-refractivity contribution is 7.11. The maximum Gasteiger partial charge on any atom is 0.319 e. The number of hydrogen-bond acceptors (Lipinski definition) is 8. The van der Waals surface area contributed by atoms with Crippen molar-refractivity contribution in [3.8, 4) is 0 Å². The molecule has 2 aromatic heterocycles. The number of anilines is 5. The van der Waals surface area contributed by atoms with E-state index in [-0.39, 0.29) is 18.0 Å². The Hall–Kier alpha value is -4.51. The second kappa shape index (κ2) is 10.7. The van der Waals surface area contributed by atoms with E-state index < -0.39 is 0 Å². The molecular formula is C28H28N8O2S. The molecule has 1 saturated heterocycles. The summed E-state index contributed by atoms with van der Waals surface area (Å²) in [6.07, 6.45) is 5.64. The number of aromatic nitrogens is 3. The molecule has 1 fully saturated rings. The molecule has 11 heteroatoms. The summed E-state index contributed by atoms with van der Waals surface area (Å²) >= 11 is 1.33. The van der Waals surface area contributed by atoms with E-state index in [4.69, 9.17) is 0 Å². The number of thiazole rings is 1. The minimum Gasteiger partial charge on any atom is -0.340 e. The smallest absolute Gasteiger partial charge is 0.319 e. The Morgan fingerprint density at radius 1 is 1.08 bits per heavy atom. The molecule has 6 bridgehead atoms. The van der Waals surface area contributed by atoms with Crippen LogP contribution in [0.15, 0.2) is 60.2 Å². The SMILES string of the molecule is Cc1cnc2nc1Nc1ccc(NC(=O)N[C@H]3CCN(C(=O)c4nccs4)C3)c(c1)CCc1cccc(c1)N2. The summed E-state index contributed by atoms with van der Waals surface area (Å²) in [5.41, 5.74) is 5.64. The number of urea groups is 1. The molecule has 4 heterocycles. The van der Waals surface area contributed by atoms with Crippen LogP contribution < -0.4 is 21.3 Å². The van der Waals surface area contributed by atoms with Crippen molar-refractivity contribution in [3.63, 3.8) is 0 Å². The van der Waals surface area contributed by atoms with Crippen molar-refractivity contribution >= 4 is 52.1 Å². The van der Waals surface area contributed by atoms with Crippen molar-refractivity contribution in [1.29, 1.82) is 0 Å². The number of likely N-dealkylation sites (tertiary alicyclic amines) is 1. The van der Waals surface area contributed by atoms with E-state index in [0.29, 0.717) is 36.3 Å². The lowest BCUT2D eigenvalue weighted by Crippen LogP contribution is -2.40. The van der Waals surface area contributed by atoms with Crippen LogP contribution >= 0.6 is 11.3 Å². The Bertz CT molecular complexity index is 1520. The summed E-state index contributed by atoms with van der Waals surface area (Å²) in [6, 6.07) is 13.7. The minimum atomic E-state index is -0.286. The maximum atomic E-state index is 13.0. The van der Waals surface area contributed by atoms with E-state index in [9.17, 15) is 9.59 Å². The zero-order valence-electron chi connectivity index (χ0n) is 21.4. The molecule has 1 atom stereocenters. The number of amides is 3. The third-order valence-corrected chi connectivity index (χ3v) is 7.64. The van der Waals surface area contributed by atoms with E-state index in [0.717, 1.165) is 46.6 Å². The lowest BCUT2D eigenvalue weighted by Gasteiger charge is -2.18. The van der Waals surface area contributed by atoms with Crippen LogP contribution in [-0.2, 0) is 12.8 Å². The first-order valence-electron chi connectivity index (χ1n) is 12.9. The predicted octanol–water partition coefficient (Wildman–Crippen LogP) is 4.86. The first-order valence-corrected chi connectivity index (χ1v) is 13.7. The standard InChI is InChI=1S/C28H28N8O2S/c1-17-15-30-27-32-20-4-2-3-18(13-20)5-6-19-14-21(31-24(17)35-27)7-8-23(19)34-28(38)33-22-9-11-36(16-22)26(37)25-29-10-12-39-25/h2-4,7-8,10,12-15,22H,5-6,9,11,16H2,1H3,(H2,33,34,38)(H2,30,31,32,35)/t22-/m0/s1. The summed E-state index contributed by atoms with van der Waals surface area (Å²) in [6.45, 7) is 3.01. The molecule has 2 aromatic carbocycles. The highest BCUT2D eigenvalue weighted by atomic mass is 32.1. The summed E-state index contributed by atoms with van der Waals surface area (Å²) < 4.78 is 0. The van der Waals surface area contributed by atoms with Crippen LogP contribution in [0.4, 0.5) is 33.6 Å². The third-order valence-electron chi connectivity index (χ3n) is 6.88. The molecule has 10 nitrogen and oxygen atoms in total. The van der Waals surface area contributed by atoms with E-state index in [2.05, 4.69) is 54.4 Å². The average molecular weight is 541 g/mol. The number of benzene rings is 2. The van der Waals surface area contributed by atoms with Crippen molar-refractivity contribution in [2.45, 2.75) is 32.2 Å². The quantitative estimate of drug-likeness (QED) is 0.292. The molecule has 4 N–H and O–H groups in total. The maximum absolute atomic E-state index is 13.0. The molecule has 0 spiro atoms. The average Bonchev–Trinajstić information content (AvgIpc) is 3.63. The molecule has 0 radical (unpaired) electrons. The number of rotatable bonds is 3. The predicted molar refractivity (Wildman–Crippen MR) is 152 cm³/mol. The summed E-state index contributed by atoms with van der Waals surface area (Å²) in [5, 5.41) is 15.0. The molecule has 6 rings (SSSR count). The van der Waals surface area contributed by atoms with Crippen molar-refractivity contribution in [1.82, 2.24) is 25.2 Å². The number of fused-ring (bicyclic) bond motifs is 6. The fraction of sp³-hybridized carbons (Fsp3) is 0.250. The Kier molecular flexibility index (Phi) is 6.80. The van der Waals surface area contributed by atoms with Gasteiger partial charge in [-0.25, -0.2) is 14.8 Å². The van der Waals surface area contributed by atoms with Crippen LogP contribution in [0.1, 0.15) is 32.9 Å². The first kappa shape index (κ1) is 24.8. The van der Waals surface area contributed by atoms with Crippen LogP contribution in [-0.4, -0.2) is 50.9 Å². The van der Waals surface area contributed by atoms with Gasteiger partial charge in [0.25, 0.3) is 5.91 Å². The number of nitrogens with one attached hydrogen (secondary N) is 4. The second-order valence-electron chi connectivity index (χ2n) is 9.72. The van der Waals surface area contributed by atoms with Crippen molar-refractivity contribution in [2.75, 3.05) is 29.0 Å². The molecule has 2 aliphatic rings. The lowest BCUT2D eigenvalue weighted by molar-refractivity contribution is 0.0789. The molecule has 0 unspecified atom stereocenters. The van der Waals surface area contributed by atoms with Gasteiger partial charge in [-0.3, -0.25) is 4.79 Å². The van der Waals surface area contributed by atoms with Gasteiger partial charge in [-0.15, -0.1) is 11.3 Å². The molecule has 0 aliphatic carbocycles. The summed E-state index contributed by atoms with van der Waals surface area (Å²) in [5.74, 6) is 1.15. The molecule has 3 amide bonds. The molecule has 0 saturated carbocycles. The van der Waals surface area contributed by atoms with Gasteiger partial charge in [0.15, 0.2) is 5.01 Å². The van der Waals surface area contributed by atoms with Crippen molar-refractivity contribution in [2.24, 2.45) is 0 Å². The fourth-order valence-corrected chi connectivity index (χ4v) is 5.45. The molecule has 4 aromatic rings. The van der Waals surface area contributed by atoms with E-state index in [1.165, 1.54) is 11.3 Å². The first-order chi connectivity index (χ1) is 19.0. The van der Waals surface area contributed by atoms with Crippen LogP contribution in [0.5, 0.6) is 0 Å². The Morgan fingerprint density at radius 2 is 1.97 bits per heavy atom. The third kappa shape index (κ3) is 5.68. The van der Waals surface area contributed by atoms with Gasteiger partial charge in [0.05, 0.1) is 0 Å². The summed E-state index contributed by atoms with van der Waals surface area (Å²) in [7, 11) is 0. The highest BCUT2D eigenvalue weighted by Gasteiger charge is 2.29.